The van der Waals surface area contributed by atoms with Crippen molar-refractivity contribution in [2.24, 2.45) is 0 Å². The lowest BCUT2D eigenvalue weighted by molar-refractivity contribution is -0.139. The van der Waals surface area contributed by atoms with E-state index in [-0.39, 0.29) is 24.4 Å². The molecule has 0 aliphatic rings. The highest BCUT2D eigenvalue weighted by Gasteiger charge is 2.30. The van der Waals surface area contributed by atoms with Crippen LogP contribution in [0.1, 0.15) is 20.3 Å². The van der Waals surface area contributed by atoms with E-state index in [2.05, 4.69) is 5.32 Å². The van der Waals surface area contributed by atoms with Crippen molar-refractivity contribution in [2.75, 3.05) is 31.8 Å². The Hall–Kier alpha value is 0.0200. The van der Waals surface area contributed by atoms with Crippen LogP contribution in [0.25, 0.3) is 0 Å². The highest BCUT2D eigenvalue weighted by molar-refractivity contribution is 7.98. The molecule has 6 nitrogen and oxygen atoms in total. The summed E-state index contributed by atoms with van der Waals surface area (Å²) in [5.74, 6) is -0.241. The molecule has 0 saturated heterocycles. The van der Waals surface area contributed by atoms with Crippen molar-refractivity contribution in [2.45, 2.75) is 26.3 Å². The van der Waals surface area contributed by atoms with E-state index in [0.717, 1.165) is 0 Å². The zero-order chi connectivity index (χ0) is 15.6. The van der Waals surface area contributed by atoms with Gasteiger partial charge in [-0.15, -0.1) is 0 Å². The van der Waals surface area contributed by atoms with Gasteiger partial charge in [-0.25, -0.2) is 0 Å². The van der Waals surface area contributed by atoms with Crippen LogP contribution in [0.15, 0.2) is 0 Å². The van der Waals surface area contributed by atoms with Crippen LogP contribution in [0.3, 0.4) is 0 Å². The molecule has 118 valence electrons. The van der Waals surface area contributed by atoms with Crippen molar-refractivity contribution in [1.29, 1.82) is 0 Å². The SMILES string of the molecule is CCOP(=O)(OCC)C(=S)CN[C@H](CCSC)C(=O)O. The van der Waals surface area contributed by atoms with Gasteiger partial charge in [-0.3, -0.25) is 14.7 Å². The highest BCUT2D eigenvalue weighted by atomic mass is 32.2. The van der Waals surface area contributed by atoms with Crippen LogP contribution in [0.4, 0.5) is 0 Å². The molecule has 0 amide bonds. The quantitative estimate of drug-likeness (QED) is 0.413. The summed E-state index contributed by atoms with van der Waals surface area (Å²) < 4.78 is 22.6. The molecule has 0 aromatic rings. The predicted molar refractivity (Wildman–Crippen MR) is 85.9 cm³/mol. The predicted octanol–water partition coefficient (Wildman–Crippen LogP) is 2.38. The van der Waals surface area contributed by atoms with Gasteiger partial charge in [0.25, 0.3) is 0 Å². The summed E-state index contributed by atoms with van der Waals surface area (Å²) in [5, 5.41) is 11.9. The molecule has 0 radical (unpaired) electrons. The van der Waals surface area contributed by atoms with Crippen molar-refractivity contribution in [3.8, 4) is 0 Å². The first kappa shape index (κ1) is 20.0. The van der Waals surface area contributed by atoms with Crippen LogP contribution >= 0.6 is 31.6 Å². The lowest BCUT2D eigenvalue weighted by atomic mass is 10.2. The Morgan fingerprint density at radius 3 is 2.35 bits per heavy atom. The molecule has 0 spiro atoms. The first-order valence-corrected chi connectivity index (χ1v) is 9.63. The summed E-state index contributed by atoms with van der Waals surface area (Å²) >= 11 is 6.63. The van der Waals surface area contributed by atoms with Crippen molar-refractivity contribution >= 4 is 42.2 Å². The lowest BCUT2D eigenvalue weighted by Gasteiger charge is -2.20. The van der Waals surface area contributed by atoms with E-state index in [1.165, 1.54) is 0 Å². The largest absolute Gasteiger partial charge is 0.480 e. The molecule has 0 bridgehead atoms. The molecule has 0 aromatic carbocycles. The van der Waals surface area contributed by atoms with Crippen LogP contribution in [-0.2, 0) is 18.4 Å². The standard InChI is InChI=1S/C11H22NO5PS2/c1-4-16-18(15,17-5-2)10(19)8-12-9(11(13)14)6-7-20-3/h9,12H,4-8H2,1-3H3,(H,13,14)/t9-/m1/s1. The average molecular weight is 343 g/mol. The van der Waals surface area contributed by atoms with Gasteiger partial charge in [0, 0.05) is 6.54 Å². The van der Waals surface area contributed by atoms with E-state index in [0.29, 0.717) is 12.2 Å². The fraction of sp³-hybridized carbons (Fsp3) is 0.818. The smallest absolute Gasteiger partial charge is 0.369 e. The molecule has 0 saturated carbocycles. The van der Waals surface area contributed by atoms with Crippen LogP contribution in [-0.4, -0.2) is 53.5 Å². The molecular formula is C11H22NO5PS2. The molecule has 0 unspecified atom stereocenters. The first-order chi connectivity index (χ1) is 9.41. The molecular weight excluding hydrogens is 321 g/mol. The Balaban J connectivity index is 4.55. The Kier molecular flexibility index (Phi) is 10.7. The van der Waals surface area contributed by atoms with Gasteiger partial charge in [0.2, 0.25) is 0 Å². The summed E-state index contributed by atoms with van der Waals surface area (Å²) in [5.41, 5.74) is 0. The number of rotatable bonds is 12. The van der Waals surface area contributed by atoms with Gasteiger partial charge >= 0.3 is 13.6 Å². The molecule has 1 atom stereocenters. The van der Waals surface area contributed by atoms with E-state index < -0.39 is 19.6 Å². The summed E-state index contributed by atoms with van der Waals surface area (Å²) in [6, 6.07) is -0.725. The molecule has 0 aliphatic heterocycles. The topological polar surface area (TPSA) is 84.9 Å². The van der Waals surface area contributed by atoms with Gasteiger partial charge < -0.3 is 14.2 Å². The third kappa shape index (κ3) is 7.15. The Morgan fingerprint density at radius 2 is 1.95 bits per heavy atom. The maximum atomic E-state index is 12.3. The van der Waals surface area contributed by atoms with E-state index in [1.54, 1.807) is 25.6 Å². The number of thiocarbonyl (C=S) groups is 1. The molecule has 0 heterocycles. The third-order valence-electron chi connectivity index (χ3n) is 2.31. The molecule has 0 rings (SSSR count). The van der Waals surface area contributed by atoms with Crippen molar-refractivity contribution in [3.63, 3.8) is 0 Å². The van der Waals surface area contributed by atoms with E-state index in [1.807, 2.05) is 6.26 Å². The second kappa shape index (κ2) is 10.7. The minimum Gasteiger partial charge on any atom is -0.480 e. The second-order valence-electron chi connectivity index (χ2n) is 3.78. The number of hydrogen-bond donors (Lipinski definition) is 2. The van der Waals surface area contributed by atoms with Crippen LogP contribution < -0.4 is 5.32 Å². The summed E-state index contributed by atoms with van der Waals surface area (Å²) in [7, 11) is -3.45. The fourth-order valence-corrected chi connectivity index (χ4v) is 3.58. The number of carboxylic acid groups (broad SMARTS) is 1. The number of thioether (sulfide) groups is 1. The zero-order valence-corrected chi connectivity index (χ0v) is 14.5. The molecule has 0 aromatic heterocycles. The number of carbonyl (C=O) groups is 1. The molecule has 9 heteroatoms. The van der Waals surface area contributed by atoms with Gasteiger partial charge in [0.05, 0.1) is 13.2 Å². The normalized spacial score (nSPS) is 13.2. The molecule has 0 fully saturated rings. The van der Waals surface area contributed by atoms with E-state index >= 15 is 0 Å². The van der Waals surface area contributed by atoms with Gasteiger partial charge in [-0.05, 0) is 32.3 Å². The molecule has 2 N–H and O–H groups in total. The van der Waals surface area contributed by atoms with Gasteiger partial charge in [-0.2, -0.15) is 11.8 Å². The number of carboxylic acids is 1. The van der Waals surface area contributed by atoms with E-state index in [4.69, 9.17) is 26.4 Å². The summed E-state index contributed by atoms with van der Waals surface area (Å²) in [4.78, 5) is 11.1. The molecule has 20 heavy (non-hydrogen) atoms. The molecule has 0 aliphatic carbocycles. The van der Waals surface area contributed by atoms with Gasteiger partial charge in [-0.1, -0.05) is 12.2 Å². The third-order valence-corrected chi connectivity index (χ3v) is 5.74. The Bertz CT molecular complexity index is 357. The summed E-state index contributed by atoms with van der Waals surface area (Å²) in [6.07, 6.45) is 2.37. The minimum absolute atomic E-state index is 0.0119. The van der Waals surface area contributed by atoms with Gasteiger partial charge in [0.15, 0.2) is 0 Å². The zero-order valence-electron chi connectivity index (χ0n) is 12.0. The highest BCUT2D eigenvalue weighted by Crippen LogP contribution is 2.49. The maximum Gasteiger partial charge on any atom is 0.369 e. The van der Waals surface area contributed by atoms with Crippen LogP contribution in [0.2, 0.25) is 0 Å². The van der Waals surface area contributed by atoms with Crippen molar-refractivity contribution in [1.82, 2.24) is 5.32 Å². The Labute approximate surface area is 129 Å². The Morgan fingerprint density at radius 1 is 1.40 bits per heavy atom. The second-order valence-corrected chi connectivity index (χ2v) is 7.61. The van der Waals surface area contributed by atoms with E-state index in [9.17, 15) is 9.36 Å². The fourth-order valence-electron chi connectivity index (χ4n) is 1.38. The minimum atomic E-state index is -3.45. The van der Waals surface area contributed by atoms with Gasteiger partial charge in [0.1, 0.15) is 10.6 Å². The number of aliphatic carboxylic acids is 1. The van der Waals surface area contributed by atoms with Crippen LogP contribution in [0, 0.1) is 0 Å². The first-order valence-electron chi connectivity index (χ1n) is 6.28. The monoisotopic (exact) mass is 343 g/mol. The van der Waals surface area contributed by atoms with Crippen molar-refractivity contribution in [3.05, 3.63) is 0 Å². The van der Waals surface area contributed by atoms with Crippen molar-refractivity contribution < 1.29 is 23.5 Å². The summed E-state index contributed by atoms with van der Waals surface area (Å²) in [6.45, 7) is 3.83. The van der Waals surface area contributed by atoms with Crippen LogP contribution in [0.5, 0.6) is 0 Å². The lowest BCUT2D eigenvalue weighted by Crippen LogP contribution is -2.39. The maximum absolute atomic E-state index is 12.3. The number of hydrogen-bond acceptors (Lipinski definition) is 7. The number of nitrogens with one attached hydrogen (secondary N) is 1. The average Bonchev–Trinajstić information content (AvgIpc) is 2.38.